The molecule has 9 heteroatoms. The van der Waals surface area contributed by atoms with Gasteiger partial charge in [-0.1, -0.05) is 36.4 Å². The Morgan fingerprint density at radius 2 is 1.96 bits per heavy atom. The highest BCUT2D eigenvalue weighted by Gasteiger charge is 2.16. The largest absolute Gasteiger partial charge is 0.478 e. The van der Waals surface area contributed by atoms with E-state index >= 15 is 0 Å². The molecular weight excluding hydrogens is 372 g/mol. The van der Waals surface area contributed by atoms with E-state index in [1.54, 1.807) is 6.92 Å². The Kier molecular flexibility index (Phi) is 7.50. The van der Waals surface area contributed by atoms with Crippen LogP contribution < -0.4 is 5.32 Å². The zero-order valence-electron chi connectivity index (χ0n) is 14.5. The number of nitrogens with zero attached hydrogens (tertiary/aromatic N) is 1. The number of nitrogens with one attached hydrogen (secondary N) is 1. The average Bonchev–Trinajstić information content (AvgIpc) is 3.09. The first-order valence-corrected chi connectivity index (χ1v) is 8.90. The van der Waals surface area contributed by atoms with Crippen molar-refractivity contribution in [3.63, 3.8) is 0 Å². The molecule has 0 bridgehead atoms. The summed E-state index contributed by atoms with van der Waals surface area (Å²) in [5.74, 6) is -1.77. The third-order valence-electron chi connectivity index (χ3n) is 3.21. The average molecular weight is 390 g/mol. The second-order valence-corrected chi connectivity index (χ2v) is 6.01. The monoisotopic (exact) mass is 390 g/mol. The second kappa shape index (κ2) is 10.1. The van der Waals surface area contributed by atoms with E-state index in [1.807, 2.05) is 30.3 Å². The van der Waals surface area contributed by atoms with Gasteiger partial charge in [0.2, 0.25) is 0 Å². The van der Waals surface area contributed by atoms with Gasteiger partial charge in [0.05, 0.1) is 24.3 Å². The SMILES string of the molecule is CCOC(=O)C/C=C(\C(=O)O)c1csc(NC(=O)OCc2ccccc2)n1. The van der Waals surface area contributed by atoms with Crippen molar-refractivity contribution in [3.05, 3.63) is 53.0 Å². The maximum atomic E-state index is 11.8. The number of esters is 1. The highest BCUT2D eigenvalue weighted by atomic mass is 32.1. The lowest BCUT2D eigenvalue weighted by molar-refractivity contribution is -0.142. The molecule has 1 aromatic heterocycles. The number of ether oxygens (including phenoxy) is 2. The van der Waals surface area contributed by atoms with Crippen molar-refractivity contribution in [2.24, 2.45) is 0 Å². The summed E-state index contributed by atoms with van der Waals surface area (Å²) in [5, 5.41) is 13.4. The number of rotatable bonds is 8. The fraction of sp³-hybridized carbons (Fsp3) is 0.222. The van der Waals surface area contributed by atoms with E-state index in [9.17, 15) is 19.5 Å². The first-order chi connectivity index (χ1) is 13.0. The van der Waals surface area contributed by atoms with Crippen LogP contribution >= 0.6 is 11.3 Å². The Balaban J connectivity index is 1.96. The number of carboxylic acids is 1. The first kappa shape index (κ1) is 20.1. The van der Waals surface area contributed by atoms with Gasteiger partial charge in [-0.15, -0.1) is 11.3 Å². The topological polar surface area (TPSA) is 115 Å². The van der Waals surface area contributed by atoms with E-state index in [0.717, 1.165) is 16.9 Å². The van der Waals surface area contributed by atoms with Crippen molar-refractivity contribution >= 4 is 40.1 Å². The maximum absolute atomic E-state index is 11.8. The van der Waals surface area contributed by atoms with Gasteiger partial charge in [0.15, 0.2) is 5.13 Å². The minimum absolute atomic E-state index is 0.102. The molecule has 2 aromatic rings. The molecule has 0 atom stereocenters. The fourth-order valence-corrected chi connectivity index (χ4v) is 2.70. The number of aliphatic carboxylic acids is 1. The molecule has 0 spiro atoms. The maximum Gasteiger partial charge on any atom is 0.413 e. The Bertz CT molecular complexity index is 831. The molecule has 1 aromatic carbocycles. The van der Waals surface area contributed by atoms with Crippen molar-refractivity contribution < 1.29 is 29.0 Å². The number of hydrogen-bond donors (Lipinski definition) is 2. The minimum Gasteiger partial charge on any atom is -0.478 e. The van der Waals surface area contributed by atoms with Crippen LogP contribution in [0.1, 0.15) is 24.6 Å². The number of aromatic nitrogens is 1. The summed E-state index contributed by atoms with van der Waals surface area (Å²) >= 11 is 1.05. The molecule has 0 aliphatic rings. The lowest BCUT2D eigenvalue weighted by Crippen LogP contribution is -2.13. The van der Waals surface area contributed by atoms with Crippen LogP contribution in [0.15, 0.2) is 41.8 Å². The van der Waals surface area contributed by atoms with Crippen LogP contribution in [0.2, 0.25) is 0 Å². The number of thiazole rings is 1. The lowest BCUT2D eigenvalue weighted by Gasteiger charge is -2.04. The molecule has 0 saturated heterocycles. The summed E-state index contributed by atoms with van der Waals surface area (Å²) in [6, 6.07) is 9.17. The second-order valence-electron chi connectivity index (χ2n) is 5.16. The molecule has 1 amide bonds. The number of anilines is 1. The number of amides is 1. The molecule has 0 radical (unpaired) electrons. The number of benzene rings is 1. The molecule has 2 N–H and O–H groups in total. The molecule has 2 rings (SSSR count). The molecule has 0 fully saturated rings. The van der Waals surface area contributed by atoms with Crippen molar-refractivity contribution in [2.75, 3.05) is 11.9 Å². The number of carboxylic acid groups (broad SMARTS) is 1. The van der Waals surface area contributed by atoms with E-state index < -0.39 is 18.0 Å². The molecule has 0 aliphatic heterocycles. The summed E-state index contributed by atoms with van der Waals surface area (Å²) in [6.45, 7) is 1.98. The predicted molar refractivity (Wildman–Crippen MR) is 99.2 cm³/mol. The van der Waals surface area contributed by atoms with Crippen molar-refractivity contribution in [1.29, 1.82) is 0 Å². The fourth-order valence-electron chi connectivity index (χ4n) is 2.01. The zero-order valence-corrected chi connectivity index (χ0v) is 15.3. The molecule has 0 unspecified atom stereocenters. The van der Waals surface area contributed by atoms with Gasteiger partial charge in [-0.2, -0.15) is 0 Å². The van der Waals surface area contributed by atoms with Gasteiger partial charge in [0, 0.05) is 5.38 Å². The highest BCUT2D eigenvalue weighted by molar-refractivity contribution is 7.14. The smallest absolute Gasteiger partial charge is 0.413 e. The van der Waals surface area contributed by atoms with Crippen LogP contribution in [0.25, 0.3) is 5.57 Å². The Labute approximate surface area is 159 Å². The van der Waals surface area contributed by atoms with Crippen LogP contribution in [-0.2, 0) is 25.7 Å². The summed E-state index contributed by atoms with van der Waals surface area (Å²) in [4.78, 5) is 38.7. The predicted octanol–water partition coefficient (Wildman–Crippen LogP) is 3.31. The van der Waals surface area contributed by atoms with E-state index in [1.165, 1.54) is 11.5 Å². The van der Waals surface area contributed by atoms with Crippen LogP contribution in [0, 0.1) is 0 Å². The van der Waals surface area contributed by atoms with Gasteiger partial charge in [0.1, 0.15) is 6.61 Å². The van der Waals surface area contributed by atoms with E-state index in [2.05, 4.69) is 10.3 Å². The van der Waals surface area contributed by atoms with Crippen LogP contribution in [0.5, 0.6) is 0 Å². The van der Waals surface area contributed by atoms with Crippen molar-refractivity contribution in [3.8, 4) is 0 Å². The molecule has 0 saturated carbocycles. The van der Waals surface area contributed by atoms with Gasteiger partial charge in [0.25, 0.3) is 0 Å². The molecule has 0 aliphatic carbocycles. The molecule has 27 heavy (non-hydrogen) atoms. The standard InChI is InChI=1S/C18H18N2O6S/c1-2-25-15(21)9-8-13(16(22)23)14-11-27-17(19-14)20-18(24)26-10-12-6-4-3-5-7-12/h3-8,11H,2,9-10H2,1H3,(H,22,23)(H,19,20,24)/b13-8-. The van der Waals surface area contributed by atoms with Gasteiger partial charge in [-0.3, -0.25) is 10.1 Å². The Morgan fingerprint density at radius 3 is 2.63 bits per heavy atom. The molecule has 1 heterocycles. The van der Waals surface area contributed by atoms with E-state index in [0.29, 0.717) is 0 Å². The normalized spacial score (nSPS) is 10.9. The van der Waals surface area contributed by atoms with Gasteiger partial charge < -0.3 is 14.6 Å². The lowest BCUT2D eigenvalue weighted by atomic mass is 10.1. The van der Waals surface area contributed by atoms with Crippen molar-refractivity contribution in [2.45, 2.75) is 20.0 Å². The number of carbonyl (C=O) groups excluding carboxylic acids is 2. The Hall–Kier alpha value is -3.20. The van der Waals surface area contributed by atoms with Crippen LogP contribution in [0.4, 0.5) is 9.93 Å². The first-order valence-electron chi connectivity index (χ1n) is 8.02. The van der Waals surface area contributed by atoms with Crippen LogP contribution in [0.3, 0.4) is 0 Å². The molecule has 8 nitrogen and oxygen atoms in total. The van der Waals surface area contributed by atoms with Gasteiger partial charge >= 0.3 is 18.0 Å². The summed E-state index contributed by atoms with van der Waals surface area (Å²) in [6.07, 6.45) is 0.342. The van der Waals surface area contributed by atoms with Crippen LogP contribution in [-0.4, -0.2) is 34.7 Å². The van der Waals surface area contributed by atoms with Gasteiger partial charge in [-0.25, -0.2) is 14.6 Å². The summed E-state index contributed by atoms with van der Waals surface area (Å²) in [7, 11) is 0. The number of hydrogen-bond acceptors (Lipinski definition) is 7. The summed E-state index contributed by atoms with van der Waals surface area (Å²) in [5.41, 5.74) is 0.822. The molecular formula is C18H18N2O6S. The molecule has 142 valence electrons. The third kappa shape index (κ3) is 6.55. The van der Waals surface area contributed by atoms with Gasteiger partial charge in [-0.05, 0) is 12.5 Å². The zero-order chi connectivity index (χ0) is 19.6. The minimum atomic E-state index is -1.23. The third-order valence-corrected chi connectivity index (χ3v) is 3.97. The summed E-state index contributed by atoms with van der Waals surface area (Å²) < 4.78 is 9.84. The quantitative estimate of drug-likeness (QED) is 0.525. The van der Waals surface area contributed by atoms with Crippen molar-refractivity contribution in [1.82, 2.24) is 4.98 Å². The Morgan fingerprint density at radius 1 is 1.22 bits per heavy atom. The number of carbonyl (C=O) groups is 3. The van der Waals surface area contributed by atoms with E-state index in [-0.39, 0.29) is 36.0 Å². The van der Waals surface area contributed by atoms with E-state index in [4.69, 9.17) is 9.47 Å². The highest BCUT2D eigenvalue weighted by Crippen LogP contribution is 2.22.